The summed E-state index contributed by atoms with van der Waals surface area (Å²) in [5.41, 5.74) is 0. The van der Waals surface area contributed by atoms with Gasteiger partial charge in [-0.05, 0) is 24.6 Å². The van der Waals surface area contributed by atoms with Gasteiger partial charge in [-0.15, -0.1) is 0 Å². The number of hydrogen-bond donors (Lipinski definition) is 1. The zero-order valence-corrected chi connectivity index (χ0v) is 13.5. The van der Waals surface area contributed by atoms with Crippen molar-refractivity contribution in [3.05, 3.63) is 0 Å². The SMILES string of the molecule is CC(C)(C)[Si](C)(C)OCC[C@H]1COSN1C(=O)O. The molecule has 1 saturated heterocycles. The van der Waals surface area contributed by atoms with Crippen molar-refractivity contribution in [1.29, 1.82) is 0 Å². The van der Waals surface area contributed by atoms with E-state index in [0.717, 1.165) is 12.2 Å². The smallest absolute Gasteiger partial charge is 0.419 e. The van der Waals surface area contributed by atoms with Gasteiger partial charge < -0.3 is 9.53 Å². The zero-order valence-electron chi connectivity index (χ0n) is 11.7. The molecule has 1 rings (SSSR count). The fourth-order valence-electron chi connectivity index (χ4n) is 1.35. The Labute approximate surface area is 114 Å². The maximum atomic E-state index is 10.9. The van der Waals surface area contributed by atoms with E-state index in [4.69, 9.17) is 13.7 Å². The standard InChI is InChI=1S/C11H23NO4SSi/c1-11(2,3)18(4,5)16-7-6-9-8-15-17-12(9)10(13)14/h9H,6-8H2,1-5H3,(H,13,14)/t9-/m0/s1. The number of hydrogen-bond acceptors (Lipinski definition) is 4. The fraction of sp³-hybridized carbons (Fsp3) is 0.909. The van der Waals surface area contributed by atoms with Crippen LogP contribution in [0, 0.1) is 0 Å². The molecule has 0 aromatic carbocycles. The monoisotopic (exact) mass is 293 g/mol. The molecule has 1 N–H and O–H groups in total. The summed E-state index contributed by atoms with van der Waals surface area (Å²) in [6.45, 7) is 12.0. The van der Waals surface area contributed by atoms with Crippen molar-refractivity contribution >= 4 is 26.6 Å². The molecule has 5 nitrogen and oxygen atoms in total. The van der Waals surface area contributed by atoms with Gasteiger partial charge in [0.25, 0.3) is 0 Å². The van der Waals surface area contributed by atoms with Crippen molar-refractivity contribution in [2.24, 2.45) is 0 Å². The molecule has 0 aliphatic carbocycles. The Morgan fingerprint density at radius 1 is 1.56 bits per heavy atom. The van der Waals surface area contributed by atoms with Crippen molar-refractivity contribution in [3.63, 3.8) is 0 Å². The summed E-state index contributed by atoms with van der Waals surface area (Å²) in [4.78, 5) is 10.9. The molecule has 1 amide bonds. The van der Waals surface area contributed by atoms with Crippen LogP contribution in [0.3, 0.4) is 0 Å². The Bertz CT molecular complexity index is 306. The molecule has 106 valence electrons. The molecule has 0 spiro atoms. The van der Waals surface area contributed by atoms with E-state index in [0.29, 0.717) is 19.6 Å². The maximum absolute atomic E-state index is 10.9. The highest BCUT2D eigenvalue weighted by Crippen LogP contribution is 2.37. The highest BCUT2D eigenvalue weighted by Gasteiger charge is 2.38. The van der Waals surface area contributed by atoms with Crippen molar-refractivity contribution in [1.82, 2.24) is 4.31 Å². The summed E-state index contributed by atoms with van der Waals surface area (Å²) in [7, 11) is -1.74. The van der Waals surface area contributed by atoms with Crippen LogP contribution < -0.4 is 0 Å². The first kappa shape index (κ1) is 15.8. The van der Waals surface area contributed by atoms with Crippen LogP contribution in [-0.2, 0) is 8.61 Å². The van der Waals surface area contributed by atoms with E-state index in [2.05, 4.69) is 33.9 Å². The van der Waals surface area contributed by atoms with Crippen molar-refractivity contribution < 1.29 is 18.5 Å². The fourth-order valence-corrected chi connectivity index (χ4v) is 3.09. The molecule has 0 unspecified atom stereocenters. The molecule has 0 aromatic rings. The van der Waals surface area contributed by atoms with Crippen LogP contribution in [0.1, 0.15) is 27.2 Å². The van der Waals surface area contributed by atoms with Gasteiger partial charge in [0.15, 0.2) is 8.32 Å². The van der Waals surface area contributed by atoms with Crippen LogP contribution >= 0.6 is 12.2 Å². The second-order valence-corrected chi connectivity index (χ2v) is 11.6. The Morgan fingerprint density at radius 2 is 2.17 bits per heavy atom. The van der Waals surface area contributed by atoms with Gasteiger partial charge in [-0.25, -0.2) is 9.10 Å². The second kappa shape index (κ2) is 5.81. The highest BCUT2D eigenvalue weighted by molar-refractivity contribution is 7.93. The lowest BCUT2D eigenvalue weighted by Crippen LogP contribution is -2.42. The molecule has 1 aliphatic rings. The first-order valence-electron chi connectivity index (χ1n) is 6.11. The summed E-state index contributed by atoms with van der Waals surface area (Å²) in [5, 5.41) is 9.15. The zero-order chi connectivity index (χ0) is 14.0. The van der Waals surface area contributed by atoms with Gasteiger partial charge in [0.2, 0.25) is 0 Å². The van der Waals surface area contributed by atoms with Gasteiger partial charge >= 0.3 is 6.09 Å². The topological polar surface area (TPSA) is 59.0 Å². The maximum Gasteiger partial charge on any atom is 0.419 e. The van der Waals surface area contributed by atoms with E-state index in [1.165, 1.54) is 4.31 Å². The quantitative estimate of drug-likeness (QED) is 0.489. The molecule has 1 fully saturated rings. The lowest BCUT2D eigenvalue weighted by Gasteiger charge is -2.36. The predicted octanol–water partition coefficient (Wildman–Crippen LogP) is 3.34. The van der Waals surface area contributed by atoms with Crippen LogP contribution in [0.4, 0.5) is 4.79 Å². The van der Waals surface area contributed by atoms with Gasteiger partial charge in [0.1, 0.15) is 12.2 Å². The van der Waals surface area contributed by atoms with E-state index in [1.807, 2.05) is 0 Å². The summed E-state index contributed by atoms with van der Waals surface area (Å²) in [5.74, 6) is 0. The van der Waals surface area contributed by atoms with E-state index < -0.39 is 14.4 Å². The van der Waals surface area contributed by atoms with Crippen LogP contribution in [0.5, 0.6) is 0 Å². The summed E-state index contributed by atoms with van der Waals surface area (Å²) < 4.78 is 12.4. The van der Waals surface area contributed by atoms with Crippen LogP contribution in [0.25, 0.3) is 0 Å². The van der Waals surface area contributed by atoms with Gasteiger partial charge in [0.05, 0.1) is 12.6 Å². The first-order chi connectivity index (χ1) is 8.15. The Balaban J connectivity index is 2.40. The normalized spacial score (nSPS) is 21.4. The lowest BCUT2D eigenvalue weighted by molar-refractivity contribution is 0.158. The van der Waals surface area contributed by atoms with Gasteiger partial charge in [-0.2, -0.15) is 0 Å². The summed E-state index contributed by atoms with van der Waals surface area (Å²) >= 11 is 0.912. The minimum atomic E-state index is -1.74. The Morgan fingerprint density at radius 3 is 2.67 bits per heavy atom. The molecule has 1 atom stereocenters. The second-order valence-electron chi connectivity index (χ2n) is 6.02. The molecule has 0 radical (unpaired) electrons. The molecular weight excluding hydrogens is 270 g/mol. The van der Waals surface area contributed by atoms with E-state index in [9.17, 15) is 4.79 Å². The largest absolute Gasteiger partial charge is 0.464 e. The number of carboxylic acid groups (broad SMARTS) is 1. The Kier molecular flexibility index (Phi) is 5.11. The van der Waals surface area contributed by atoms with Crippen LogP contribution in [-0.4, -0.2) is 43.1 Å². The molecule has 0 bridgehead atoms. The van der Waals surface area contributed by atoms with Crippen molar-refractivity contribution in [3.8, 4) is 0 Å². The van der Waals surface area contributed by atoms with Crippen LogP contribution in [0.2, 0.25) is 18.1 Å². The third kappa shape index (κ3) is 3.88. The van der Waals surface area contributed by atoms with Gasteiger partial charge in [0, 0.05) is 6.61 Å². The number of carbonyl (C=O) groups is 1. The summed E-state index contributed by atoms with van der Waals surface area (Å²) in [6.07, 6.45) is -0.263. The van der Waals surface area contributed by atoms with Crippen molar-refractivity contribution in [2.75, 3.05) is 13.2 Å². The number of amides is 1. The first-order valence-corrected chi connectivity index (χ1v) is 9.71. The molecule has 1 aliphatic heterocycles. The summed E-state index contributed by atoms with van der Waals surface area (Å²) in [6, 6.07) is -0.0998. The molecule has 0 saturated carbocycles. The van der Waals surface area contributed by atoms with E-state index >= 15 is 0 Å². The number of nitrogens with zero attached hydrogens (tertiary/aromatic N) is 1. The third-order valence-corrected chi connectivity index (χ3v) is 9.03. The molecular formula is C11H23NO4SSi. The Hall–Kier alpha value is -0.243. The number of rotatable bonds is 4. The lowest BCUT2D eigenvalue weighted by atomic mass is 10.2. The van der Waals surface area contributed by atoms with E-state index in [1.54, 1.807) is 0 Å². The van der Waals surface area contributed by atoms with E-state index in [-0.39, 0.29) is 11.1 Å². The van der Waals surface area contributed by atoms with Crippen molar-refractivity contribution in [2.45, 2.75) is 51.4 Å². The third-order valence-electron chi connectivity index (χ3n) is 3.63. The minimum Gasteiger partial charge on any atom is -0.464 e. The molecule has 0 aromatic heterocycles. The molecule has 18 heavy (non-hydrogen) atoms. The van der Waals surface area contributed by atoms with Gasteiger partial charge in [-0.1, -0.05) is 20.8 Å². The highest BCUT2D eigenvalue weighted by atomic mass is 32.2. The predicted molar refractivity (Wildman–Crippen MR) is 75.0 cm³/mol. The average Bonchev–Trinajstić information content (AvgIpc) is 2.63. The molecule has 1 heterocycles. The molecule has 7 heteroatoms. The average molecular weight is 293 g/mol. The minimum absolute atomic E-state index is 0.0998. The van der Waals surface area contributed by atoms with Gasteiger partial charge in [-0.3, -0.25) is 4.18 Å². The van der Waals surface area contributed by atoms with Crippen LogP contribution in [0.15, 0.2) is 0 Å².